The summed E-state index contributed by atoms with van der Waals surface area (Å²) in [5, 5.41) is 11.0. The van der Waals surface area contributed by atoms with Crippen LogP contribution in [0.3, 0.4) is 0 Å². The second-order valence-corrected chi connectivity index (χ2v) is 6.38. The number of aromatic nitrogens is 2. The van der Waals surface area contributed by atoms with Gasteiger partial charge in [0.15, 0.2) is 11.5 Å². The Labute approximate surface area is 169 Å². The van der Waals surface area contributed by atoms with Crippen molar-refractivity contribution in [3.8, 4) is 0 Å². The van der Waals surface area contributed by atoms with Gasteiger partial charge in [-0.15, -0.1) is 10.2 Å². The highest BCUT2D eigenvalue weighted by Gasteiger charge is 2.13. The van der Waals surface area contributed by atoms with Gasteiger partial charge in [-0.1, -0.05) is 12.1 Å². The summed E-state index contributed by atoms with van der Waals surface area (Å²) in [7, 11) is 1.32. The van der Waals surface area contributed by atoms with Gasteiger partial charge in [0.2, 0.25) is 0 Å². The Balaban J connectivity index is 1.72. The van der Waals surface area contributed by atoms with E-state index < -0.39 is 5.97 Å². The van der Waals surface area contributed by atoms with Gasteiger partial charge in [-0.05, 0) is 67.9 Å². The summed E-state index contributed by atoms with van der Waals surface area (Å²) in [6.45, 7) is 4.78. The van der Waals surface area contributed by atoms with Gasteiger partial charge in [-0.2, -0.15) is 0 Å². The van der Waals surface area contributed by atoms with E-state index in [9.17, 15) is 9.59 Å². The molecule has 0 atom stereocenters. The molecule has 3 rings (SSSR count). The van der Waals surface area contributed by atoms with Crippen molar-refractivity contribution in [2.75, 3.05) is 23.9 Å². The summed E-state index contributed by atoms with van der Waals surface area (Å²) < 4.78 is 4.66. The lowest BCUT2D eigenvalue weighted by Crippen LogP contribution is -2.20. The first-order valence-electron chi connectivity index (χ1n) is 9.19. The Morgan fingerprint density at radius 3 is 2.38 bits per heavy atom. The summed E-state index contributed by atoms with van der Waals surface area (Å²) in [6.07, 6.45) is 0. The van der Waals surface area contributed by atoms with Crippen LogP contribution in [-0.2, 0) is 4.74 Å². The maximum absolute atomic E-state index is 12.4. The summed E-state index contributed by atoms with van der Waals surface area (Å²) in [6, 6.07) is 17.9. The van der Waals surface area contributed by atoms with Crippen molar-refractivity contribution >= 4 is 29.1 Å². The molecule has 3 aromatic rings. The highest BCUT2D eigenvalue weighted by atomic mass is 16.5. The Morgan fingerprint density at radius 2 is 1.79 bits per heavy atom. The molecule has 0 radical (unpaired) electrons. The van der Waals surface area contributed by atoms with Gasteiger partial charge in [0.1, 0.15) is 0 Å². The highest BCUT2D eigenvalue weighted by Crippen LogP contribution is 2.23. The van der Waals surface area contributed by atoms with E-state index in [0.29, 0.717) is 17.1 Å². The van der Waals surface area contributed by atoms with Gasteiger partial charge in [0.05, 0.1) is 12.7 Å². The quantitative estimate of drug-likeness (QED) is 0.641. The van der Waals surface area contributed by atoms with Gasteiger partial charge in [0, 0.05) is 17.9 Å². The molecule has 2 aromatic carbocycles. The number of carbonyl (C=O) groups is 2. The number of amides is 1. The van der Waals surface area contributed by atoms with E-state index in [2.05, 4.69) is 26.3 Å². The smallest absolute Gasteiger partial charge is 0.337 e. The van der Waals surface area contributed by atoms with Crippen LogP contribution in [0.5, 0.6) is 0 Å². The topological polar surface area (TPSA) is 84.4 Å². The van der Waals surface area contributed by atoms with Crippen LogP contribution >= 0.6 is 0 Å². The molecule has 0 saturated heterocycles. The number of benzene rings is 2. The third kappa shape index (κ3) is 4.76. The molecule has 0 aliphatic heterocycles. The number of rotatable bonds is 6. The molecule has 0 saturated carbocycles. The van der Waals surface area contributed by atoms with Crippen molar-refractivity contribution in [3.05, 3.63) is 77.5 Å². The van der Waals surface area contributed by atoms with E-state index in [1.807, 2.05) is 36.9 Å². The molecule has 0 aliphatic rings. The second kappa shape index (κ2) is 8.97. The lowest BCUT2D eigenvalue weighted by molar-refractivity contribution is 0.0600. The van der Waals surface area contributed by atoms with Crippen LogP contribution in [-0.4, -0.2) is 35.7 Å². The van der Waals surface area contributed by atoms with Crippen LogP contribution < -0.4 is 10.2 Å². The fourth-order valence-electron chi connectivity index (χ4n) is 2.87. The predicted molar refractivity (Wildman–Crippen MR) is 112 cm³/mol. The number of nitrogens with zero attached hydrogens (tertiary/aromatic N) is 3. The zero-order valence-corrected chi connectivity index (χ0v) is 16.5. The summed E-state index contributed by atoms with van der Waals surface area (Å²) >= 11 is 0. The molecule has 0 unspecified atom stereocenters. The van der Waals surface area contributed by atoms with Gasteiger partial charge in [0.25, 0.3) is 5.91 Å². The SMILES string of the molecule is CCN(c1cccc(C)c1)c1ccc(C(=O)Nc2ccc(C(=O)OC)cc2)nn1. The molecule has 1 N–H and O–H groups in total. The molecule has 148 valence electrons. The number of hydrogen-bond acceptors (Lipinski definition) is 6. The van der Waals surface area contributed by atoms with Crippen molar-refractivity contribution in [2.24, 2.45) is 0 Å². The summed E-state index contributed by atoms with van der Waals surface area (Å²) in [5.74, 6) is -0.149. The van der Waals surface area contributed by atoms with Crippen LogP contribution in [0.25, 0.3) is 0 Å². The zero-order valence-electron chi connectivity index (χ0n) is 16.5. The maximum Gasteiger partial charge on any atom is 0.337 e. The van der Waals surface area contributed by atoms with Gasteiger partial charge in [-0.25, -0.2) is 4.79 Å². The molecule has 0 spiro atoms. The van der Waals surface area contributed by atoms with E-state index in [1.165, 1.54) is 7.11 Å². The van der Waals surface area contributed by atoms with Crippen LogP contribution in [0.15, 0.2) is 60.7 Å². The predicted octanol–water partition coefficient (Wildman–Crippen LogP) is 3.98. The van der Waals surface area contributed by atoms with E-state index in [-0.39, 0.29) is 11.6 Å². The molecule has 1 amide bonds. The first-order chi connectivity index (χ1) is 14.0. The number of esters is 1. The molecule has 7 heteroatoms. The normalized spacial score (nSPS) is 10.3. The molecule has 0 aliphatic carbocycles. The molecular formula is C22H22N4O3. The molecule has 1 heterocycles. The van der Waals surface area contributed by atoms with Crippen LogP contribution in [0.2, 0.25) is 0 Å². The molecule has 0 bridgehead atoms. The third-order valence-electron chi connectivity index (χ3n) is 4.35. The molecule has 1 aromatic heterocycles. The van der Waals surface area contributed by atoms with Crippen LogP contribution in [0, 0.1) is 6.92 Å². The number of aryl methyl sites for hydroxylation is 1. The molecule has 0 fully saturated rings. The number of carbonyl (C=O) groups excluding carboxylic acids is 2. The van der Waals surface area contributed by atoms with Crippen molar-refractivity contribution in [1.29, 1.82) is 0 Å². The monoisotopic (exact) mass is 390 g/mol. The standard InChI is InChI=1S/C22H22N4O3/c1-4-26(18-7-5-6-15(2)14-18)20-13-12-19(24-25-20)21(27)23-17-10-8-16(9-11-17)22(28)29-3/h5-14H,4H2,1-3H3,(H,23,27). The number of ether oxygens (including phenoxy) is 1. The highest BCUT2D eigenvalue weighted by molar-refractivity contribution is 6.03. The van der Waals surface area contributed by atoms with Crippen LogP contribution in [0.1, 0.15) is 33.3 Å². The minimum Gasteiger partial charge on any atom is -0.465 e. The molecule has 29 heavy (non-hydrogen) atoms. The van der Waals surface area contributed by atoms with E-state index in [1.54, 1.807) is 36.4 Å². The average molecular weight is 390 g/mol. The summed E-state index contributed by atoms with van der Waals surface area (Å²) in [5.41, 5.74) is 3.33. The zero-order chi connectivity index (χ0) is 20.8. The van der Waals surface area contributed by atoms with E-state index >= 15 is 0 Å². The maximum atomic E-state index is 12.4. The Bertz CT molecular complexity index is 1000. The number of anilines is 3. The Kier molecular flexibility index (Phi) is 6.19. The van der Waals surface area contributed by atoms with Gasteiger partial charge in [-0.3, -0.25) is 4.79 Å². The first-order valence-corrected chi connectivity index (χ1v) is 9.19. The van der Waals surface area contributed by atoms with E-state index in [4.69, 9.17) is 0 Å². The molecular weight excluding hydrogens is 368 g/mol. The number of hydrogen-bond donors (Lipinski definition) is 1. The Hall–Kier alpha value is -3.74. The fourth-order valence-corrected chi connectivity index (χ4v) is 2.87. The summed E-state index contributed by atoms with van der Waals surface area (Å²) in [4.78, 5) is 25.9. The second-order valence-electron chi connectivity index (χ2n) is 6.38. The number of methoxy groups -OCH3 is 1. The first kappa shape index (κ1) is 20.0. The van der Waals surface area contributed by atoms with Gasteiger partial charge < -0.3 is 15.0 Å². The molecule has 7 nitrogen and oxygen atoms in total. The van der Waals surface area contributed by atoms with Crippen LogP contribution in [0.4, 0.5) is 17.2 Å². The lowest BCUT2D eigenvalue weighted by Gasteiger charge is -2.22. The minimum atomic E-state index is -0.432. The van der Waals surface area contributed by atoms with Crippen molar-refractivity contribution in [1.82, 2.24) is 10.2 Å². The van der Waals surface area contributed by atoms with Gasteiger partial charge >= 0.3 is 5.97 Å². The number of nitrogens with one attached hydrogen (secondary N) is 1. The third-order valence-corrected chi connectivity index (χ3v) is 4.35. The van der Waals surface area contributed by atoms with Crippen molar-refractivity contribution in [3.63, 3.8) is 0 Å². The van der Waals surface area contributed by atoms with E-state index in [0.717, 1.165) is 17.8 Å². The largest absolute Gasteiger partial charge is 0.465 e. The van der Waals surface area contributed by atoms with Crippen molar-refractivity contribution in [2.45, 2.75) is 13.8 Å². The average Bonchev–Trinajstić information content (AvgIpc) is 2.75. The Morgan fingerprint density at radius 1 is 1.03 bits per heavy atom. The lowest BCUT2D eigenvalue weighted by atomic mass is 10.2. The minimum absolute atomic E-state index is 0.200. The fraction of sp³-hybridized carbons (Fsp3) is 0.182. The van der Waals surface area contributed by atoms with Crippen molar-refractivity contribution < 1.29 is 14.3 Å².